The maximum atomic E-state index is 12.4. The van der Waals surface area contributed by atoms with Gasteiger partial charge in [0.1, 0.15) is 11.9 Å². The van der Waals surface area contributed by atoms with Crippen molar-refractivity contribution in [2.75, 3.05) is 18.4 Å². The summed E-state index contributed by atoms with van der Waals surface area (Å²) in [5.74, 6) is 0.788. The van der Waals surface area contributed by atoms with Crippen molar-refractivity contribution >= 4 is 22.8 Å². The molecule has 21 heavy (non-hydrogen) atoms. The van der Waals surface area contributed by atoms with Gasteiger partial charge in [0.15, 0.2) is 0 Å². The molecule has 1 aliphatic heterocycles. The summed E-state index contributed by atoms with van der Waals surface area (Å²) in [4.78, 5) is 23.2. The van der Waals surface area contributed by atoms with Crippen molar-refractivity contribution in [3.05, 3.63) is 30.5 Å². The molecule has 1 atom stereocenters. The number of amides is 1. The molecule has 1 saturated heterocycles. The topological polar surface area (TPSA) is 58.1 Å². The molecule has 1 aliphatic rings. The SMILES string of the molecule is C[C@H](Nc1cnc2ccccc2n1)C(=O)N1CCCCC1. The zero-order chi connectivity index (χ0) is 14.7. The number of piperidine rings is 1. The van der Waals surface area contributed by atoms with Crippen molar-refractivity contribution in [3.8, 4) is 0 Å². The highest BCUT2D eigenvalue weighted by Crippen LogP contribution is 2.14. The number of benzene rings is 1. The van der Waals surface area contributed by atoms with E-state index in [2.05, 4.69) is 15.3 Å². The normalized spacial score (nSPS) is 16.7. The Morgan fingerprint density at radius 2 is 1.90 bits per heavy atom. The van der Waals surface area contributed by atoms with Crippen LogP contribution >= 0.6 is 0 Å². The number of nitrogens with one attached hydrogen (secondary N) is 1. The van der Waals surface area contributed by atoms with Crippen molar-refractivity contribution in [2.24, 2.45) is 0 Å². The Balaban J connectivity index is 1.70. The van der Waals surface area contributed by atoms with E-state index in [0.29, 0.717) is 5.82 Å². The van der Waals surface area contributed by atoms with Crippen molar-refractivity contribution in [1.29, 1.82) is 0 Å². The van der Waals surface area contributed by atoms with Gasteiger partial charge >= 0.3 is 0 Å². The summed E-state index contributed by atoms with van der Waals surface area (Å²) in [7, 11) is 0. The summed E-state index contributed by atoms with van der Waals surface area (Å²) in [6.45, 7) is 3.62. The molecule has 1 fully saturated rings. The molecule has 1 amide bonds. The van der Waals surface area contributed by atoms with E-state index in [9.17, 15) is 4.79 Å². The lowest BCUT2D eigenvalue weighted by molar-refractivity contribution is -0.132. The fourth-order valence-corrected chi connectivity index (χ4v) is 2.70. The minimum atomic E-state index is -0.279. The Kier molecular flexibility index (Phi) is 3.99. The summed E-state index contributed by atoms with van der Waals surface area (Å²) in [6, 6.07) is 7.44. The number of hydrogen-bond donors (Lipinski definition) is 1. The van der Waals surface area contributed by atoms with Gasteiger partial charge in [-0.3, -0.25) is 9.78 Å². The van der Waals surface area contributed by atoms with Crippen LogP contribution in [0.4, 0.5) is 5.82 Å². The molecule has 110 valence electrons. The molecule has 1 N–H and O–H groups in total. The molecule has 2 aromatic rings. The lowest BCUT2D eigenvalue weighted by Gasteiger charge is -2.29. The molecule has 5 heteroatoms. The maximum absolute atomic E-state index is 12.4. The third kappa shape index (κ3) is 3.12. The number of para-hydroxylation sites is 2. The first kappa shape index (κ1) is 13.8. The van der Waals surface area contributed by atoms with Gasteiger partial charge in [0, 0.05) is 13.1 Å². The minimum Gasteiger partial charge on any atom is -0.357 e. The zero-order valence-electron chi connectivity index (χ0n) is 12.2. The quantitative estimate of drug-likeness (QED) is 0.940. The number of carbonyl (C=O) groups excluding carboxylic acids is 1. The summed E-state index contributed by atoms with van der Waals surface area (Å²) in [5.41, 5.74) is 1.69. The molecular weight excluding hydrogens is 264 g/mol. The van der Waals surface area contributed by atoms with Gasteiger partial charge in [-0.15, -0.1) is 0 Å². The largest absolute Gasteiger partial charge is 0.357 e. The number of likely N-dealkylation sites (tertiary alicyclic amines) is 1. The molecule has 0 unspecified atom stereocenters. The Bertz CT molecular complexity index is 637. The van der Waals surface area contributed by atoms with Gasteiger partial charge < -0.3 is 10.2 Å². The molecule has 0 bridgehead atoms. The number of hydrogen-bond acceptors (Lipinski definition) is 4. The smallest absolute Gasteiger partial charge is 0.244 e. The monoisotopic (exact) mass is 284 g/mol. The van der Waals surface area contributed by atoms with E-state index in [0.717, 1.165) is 37.0 Å². The second-order valence-electron chi connectivity index (χ2n) is 5.50. The van der Waals surface area contributed by atoms with Crippen molar-refractivity contribution in [1.82, 2.24) is 14.9 Å². The number of nitrogens with zero attached hydrogens (tertiary/aromatic N) is 3. The molecule has 0 aliphatic carbocycles. The number of aromatic nitrogens is 2. The van der Waals surface area contributed by atoms with Crippen LogP contribution in [-0.2, 0) is 4.79 Å². The van der Waals surface area contributed by atoms with Crippen LogP contribution in [0.15, 0.2) is 30.5 Å². The van der Waals surface area contributed by atoms with Gasteiger partial charge in [-0.05, 0) is 38.3 Å². The van der Waals surface area contributed by atoms with E-state index in [1.54, 1.807) is 6.20 Å². The first-order chi connectivity index (χ1) is 10.2. The van der Waals surface area contributed by atoms with E-state index >= 15 is 0 Å². The molecule has 2 heterocycles. The fourth-order valence-electron chi connectivity index (χ4n) is 2.70. The lowest BCUT2D eigenvalue weighted by atomic mass is 10.1. The van der Waals surface area contributed by atoms with Crippen molar-refractivity contribution < 1.29 is 4.79 Å². The van der Waals surface area contributed by atoms with Crippen LogP contribution in [0.2, 0.25) is 0 Å². The Morgan fingerprint density at radius 1 is 1.19 bits per heavy atom. The molecule has 0 saturated carbocycles. The van der Waals surface area contributed by atoms with E-state index in [1.165, 1.54) is 6.42 Å². The molecule has 0 radical (unpaired) electrons. The standard InChI is InChI=1S/C16H20N4O/c1-12(16(21)20-9-5-2-6-10-20)18-15-11-17-13-7-3-4-8-14(13)19-15/h3-4,7-8,11-12H,2,5-6,9-10H2,1H3,(H,18,19)/t12-/m0/s1. The predicted molar refractivity (Wildman–Crippen MR) is 83.1 cm³/mol. The van der Waals surface area contributed by atoms with Crippen molar-refractivity contribution in [2.45, 2.75) is 32.2 Å². The average Bonchev–Trinajstić information content (AvgIpc) is 2.55. The van der Waals surface area contributed by atoms with Crippen LogP contribution < -0.4 is 5.32 Å². The van der Waals surface area contributed by atoms with E-state index in [-0.39, 0.29) is 11.9 Å². The van der Waals surface area contributed by atoms with Crippen LogP contribution in [0.5, 0.6) is 0 Å². The van der Waals surface area contributed by atoms with Gasteiger partial charge in [-0.2, -0.15) is 0 Å². The van der Waals surface area contributed by atoms with E-state index in [1.807, 2.05) is 36.1 Å². The third-order valence-electron chi connectivity index (χ3n) is 3.85. The summed E-state index contributed by atoms with van der Waals surface area (Å²) in [6.07, 6.45) is 5.12. The van der Waals surface area contributed by atoms with E-state index in [4.69, 9.17) is 0 Å². The molecule has 5 nitrogen and oxygen atoms in total. The van der Waals surface area contributed by atoms with E-state index < -0.39 is 0 Å². The molecule has 1 aromatic carbocycles. The van der Waals surface area contributed by atoms with Gasteiger partial charge in [0.2, 0.25) is 5.91 Å². The summed E-state index contributed by atoms with van der Waals surface area (Å²) < 4.78 is 0. The first-order valence-corrected chi connectivity index (χ1v) is 7.51. The van der Waals surface area contributed by atoms with Gasteiger partial charge in [-0.1, -0.05) is 12.1 Å². The predicted octanol–water partition coefficient (Wildman–Crippen LogP) is 2.44. The third-order valence-corrected chi connectivity index (χ3v) is 3.85. The minimum absolute atomic E-state index is 0.143. The zero-order valence-corrected chi connectivity index (χ0v) is 12.2. The highest BCUT2D eigenvalue weighted by molar-refractivity contribution is 5.84. The second-order valence-corrected chi connectivity index (χ2v) is 5.50. The van der Waals surface area contributed by atoms with Crippen LogP contribution in [0.1, 0.15) is 26.2 Å². The molecule has 1 aromatic heterocycles. The fraction of sp³-hybridized carbons (Fsp3) is 0.438. The van der Waals surface area contributed by atoms with Crippen LogP contribution in [0.25, 0.3) is 11.0 Å². The lowest BCUT2D eigenvalue weighted by Crippen LogP contribution is -2.44. The number of fused-ring (bicyclic) bond motifs is 1. The first-order valence-electron chi connectivity index (χ1n) is 7.51. The maximum Gasteiger partial charge on any atom is 0.244 e. The molecule has 0 spiro atoms. The molecule has 3 rings (SSSR count). The van der Waals surface area contributed by atoms with Crippen molar-refractivity contribution in [3.63, 3.8) is 0 Å². The second kappa shape index (κ2) is 6.08. The van der Waals surface area contributed by atoms with Gasteiger partial charge in [0.05, 0.1) is 17.2 Å². The Labute approximate surface area is 124 Å². The Hall–Kier alpha value is -2.17. The van der Waals surface area contributed by atoms with Crippen LogP contribution in [0.3, 0.4) is 0 Å². The number of carbonyl (C=O) groups is 1. The Morgan fingerprint density at radius 3 is 2.67 bits per heavy atom. The summed E-state index contributed by atoms with van der Waals surface area (Å²) >= 11 is 0. The van der Waals surface area contributed by atoms with Crippen LogP contribution in [0, 0.1) is 0 Å². The summed E-state index contributed by atoms with van der Waals surface area (Å²) in [5, 5.41) is 3.17. The highest BCUT2D eigenvalue weighted by Gasteiger charge is 2.22. The number of anilines is 1. The van der Waals surface area contributed by atoms with Gasteiger partial charge in [0.25, 0.3) is 0 Å². The average molecular weight is 284 g/mol. The number of rotatable bonds is 3. The van der Waals surface area contributed by atoms with Gasteiger partial charge in [-0.25, -0.2) is 4.98 Å². The van der Waals surface area contributed by atoms with Crippen LogP contribution in [-0.4, -0.2) is 39.9 Å². The molecular formula is C16H20N4O. The highest BCUT2D eigenvalue weighted by atomic mass is 16.2.